The quantitative estimate of drug-likeness (QED) is 0.199. The van der Waals surface area contributed by atoms with Crippen molar-refractivity contribution >= 4 is 43.6 Å². The normalized spacial score (nSPS) is 11.3. The molecule has 0 spiro atoms. The molecule has 4 heteroatoms. The summed E-state index contributed by atoms with van der Waals surface area (Å²) in [6, 6.07) is 58.8. The number of para-hydroxylation sites is 4. The Kier molecular flexibility index (Phi) is 6.22. The van der Waals surface area contributed by atoms with E-state index < -0.39 is 0 Å². The van der Waals surface area contributed by atoms with E-state index in [1.54, 1.807) is 0 Å². The summed E-state index contributed by atoms with van der Waals surface area (Å²) in [5.41, 5.74) is 11.1. The second kappa shape index (κ2) is 10.9. The molecule has 0 bridgehead atoms. The van der Waals surface area contributed by atoms with Crippen molar-refractivity contribution in [2.24, 2.45) is 0 Å². The van der Waals surface area contributed by atoms with Gasteiger partial charge in [0.2, 0.25) is 0 Å². The highest BCUT2D eigenvalue weighted by atomic mass is 15.0. The van der Waals surface area contributed by atoms with Gasteiger partial charge in [-0.05, 0) is 59.7 Å². The lowest BCUT2D eigenvalue weighted by atomic mass is 9.94. The van der Waals surface area contributed by atoms with Crippen molar-refractivity contribution in [2.45, 2.75) is 0 Å². The largest absolute Gasteiger partial charge is 0.309 e. The molecule has 2 heterocycles. The first kappa shape index (κ1) is 27.4. The maximum atomic E-state index is 10.5. The Bertz CT molecular complexity index is 2710. The Morgan fingerprint density at radius 2 is 0.792 bits per heavy atom. The standard InChI is InChI=1S/C44H26N4/c45-27-31-11-1-2-12-33(31)38-23-21-30(26-44(38)48-42-19-9-5-15-36(42)37-16-6-10-20-43(37)48)29-22-24-39(32(25-29)28-46)47-40-17-7-3-13-34(40)35-14-4-8-18-41(35)47/h1-26H. The lowest BCUT2D eigenvalue weighted by molar-refractivity contribution is 1.17. The van der Waals surface area contributed by atoms with E-state index in [0.717, 1.165) is 66.5 Å². The van der Waals surface area contributed by atoms with Gasteiger partial charge >= 0.3 is 0 Å². The molecule has 0 aliphatic carbocycles. The van der Waals surface area contributed by atoms with Crippen LogP contribution in [0.4, 0.5) is 0 Å². The summed E-state index contributed by atoms with van der Waals surface area (Å²) < 4.78 is 4.49. The zero-order valence-electron chi connectivity index (χ0n) is 25.8. The number of nitrogens with zero attached hydrogens (tertiary/aromatic N) is 4. The highest BCUT2D eigenvalue weighted by molar-refractivity contribution is 6.10. The molecular formula is C44H26N4. The SMILES string of the molecule is N#Cc1ccccc1-c1ccc(-c2ccc(-n3c4ccccc4c4ccccc43)c(C#N)c2)cc1-n1c2ccccc2c2ccccc21. The maximum absolute atomic E-state index is 10.5. The summed E-state index contributed by atoms with van der Waals surface area (Å²) in [4.78, 5) is 0. The molecule has 4 nitrogen and oxygen atoms in total. The van der Waals surface area contributed by atoms with Gasteiger partial charge in [-0.1, -0.05) is 109 Å². The highest BCUT2D eigenvalue weighted by Crippen LogP contribution is 2.40. The molecule has 0 saturated heterocycles. The number of hydrogen-bond acceptors (Lipinski definition) is 2. The number of fused-ring (bicyclic) bond motifs is 6. The molecule has 0 N–H and O–H groups in total. The minimum absolute atomic E-state index is 0.594. The van der Waals surface area contributed by atoms with E-state index in [1.807, 2.05) is 42.5 Å². The van der Waals surface area contributed by atoms with Crippen molar-refractivity contribution in [1.29, 1.82) is 10.5 Å². The smallest absolute Gasteiger partial charge is 0.101 e. The second-order valence-corrected chi connectivity index (χ2v) is 12.0. The fourth-order valence-corrected chi connectivity index (χ4v) is 7.30. The first-order chi connectivity index (χ1) is 23.7. The van der Waals surface area contributed by atoms with Crippen LogP contribution >= 0.6 is 0 Å². The van der Waals surface area contributed by atoms with Gasteiger partial charge in [0.1, 0.15) is 6.07 Å². The summed E-state index contributed by atoms with van der Waals surface area (Å²) in [5, 5.41) is 25.3. The third-order valence-electron chi connectivity index (χ3n) is 9.43. The number of benzene rings is 7. The topological polar surface area (TPSA) is 57.4 Å². The number of nitriles is 2. The molecule has 2 aromatic heterocycles. The van der Waals surface area contributed by atoms with Crippen molar-refractivity contribution in [3.05, 3.63) is 169 Å². The van der Waals surface area contributed by atoms with Crippen LogP contribution in [0.25, 0.3) is 77.2 Å². The van der Waals surface area contributed by atoms with Gasteiger partial charge < -0.3 is 9.13 Å². The van der Waals surface area contributed by atoms with Crippen LogP contribution in [0.5, 0.6) is 0 Å². The fraction of sp³-hybridized carbons (Fsp3) is 0. The van der Waals surface area contributed by atoms with E-state index in [9.17, 15) is 10.5 Å². The Balaban J connectivity index is 1.29. The lowest BCUT2D eigenvalue weighted by Crippen LogP contribution is -2.00. The maximum Gasteiger partial charge on any atom is 0.101 e. The van der Waals surface area contributed by atoms with Crippen LogP contribution in [-0.4, -0.2) is 9.13 Å². The third-order valence-corrected chi connectivity index (χ3v) is 9.43. The van der Waals surface area contributed by atoms with Crippen LogP contribution in [0, 0.1) is 22.7 Å². The van der Waals surface area contributed by atoms with Crippen LogP contribution in [-0.2, 0) is 0 Å². The van der Waals surface area contributed by atoms with Crippen molar-refractivity contribution < 1.29 is 0 Å². The van der Waals surface area contributed by atoms with Crippen LogP contribution in [0.3, 0.4) is 0 Å². The molecule has 0 amide bonds. The van der Waals surface area contributed by atoms with Crippen molar-refractivity contribution in [3.63, 3.8) is 0 Å². The van der Waals surface area contributed by atoms with E-state index in [-0.39, 0.29) is 0 Å². The van der Waals surface area contributed by atoms with Crippen LogP contribution < -0.4 is 0 Å². The molecule has 9 aromatic rings. The predicted molar refractivity (Wildman–Crippen MR) is 195 cm³/mol. The summed E-state index contributed by atoms with van der Waals surface area (Å²) in [6.45, 7) is 0. The Hall–Kier alpha value is -6.88. The molecule has 0 saturated carbocycles. The number of rotatable bonds is 4. The summed E-state index contributed by atoms with van der Waals surface area (Å²) in [5.74, 6) is 0. The summed E-state index contributed by atoms with van der Waals surface area (Å²) in [6.07, 6.45) is 0. The van der Waals surface area contributed by atoms with E-state index in [2.05, 4.69) is 137 Å². The van der Waals surface area contributed by atoms with Gasteiger partial charge in [-0.15, -0.1) is 0 Å². The first-order valence-corrected chi connectivity index (χ1v) is 15.9. The van der Waals surface area contributed by atoms with Crippen LogP contribution in [0.1, 0.15) is 11.1 Å². The molecule has 0 aliphatic heterocycles. The van der Waals surface area contributed by atoms with Crippen molar-refractivity contribution in [3.8, 4) is 45.8 Å². The van der Waals surface area contributed by atoms with Gasteiger partial charge in [0.05, 0.1) is 50.6 Å². The molecule has 7 aromatic carbocycles. The van der Waals surface area contributed by atoms with Gasteiger partial charge in [-0.3, -0.25) is 0 Å². The Morgan fingerprint density at radius 3 is 1.33 bits per heavy atom. The second-order valence-electron chi connectivity index (χ2n) is 12.0. The van der Waals surface area contributed by atoms with Gasteiger partial charge in [0.25, 0.3) is 0 Å². The Labute approximate surface area is 277 Å². The van der Waals surface area contributed by atoms with Gasteiger partial charge in [0.15, 0.2) is 0 Å². The lowest BCUT2D eigenvalue weighted by Gasteiger charge is -2.17. The van der Waals surface area contributed by atoms with E-state index in [0.29, 0.717) is 11.1 Å². The average Bonchev–Trinajstić information content (AvgIpc) is 3.67. The monoisotopic (exact) mass is 610 g/mol. The molecule has 9 rings (SSSR count). The van der Waals surface area contributed by atoms with Crippen molar-refractivity contribution in [2.75, 3.05) is 0 Å². The molecule has 0 radical (unpaired) electrons. The van der Waals surface area contributed by atoms with Crippen LogP contribution in [0.15, 0.2) is 158 Å². The molecule has 48 heavy (non-hydrogen) atoms. The molecule has 0 unspecified atom stereocenters. The zero-order valence-corrected chi connectivity index (χ0v) is 25.8. The molecule has 0 atom stereocenters. The predicted octanol–water partition coefficient (Wildman–Crippen LogP) is 11.0. The minimum Gasteiger partial charge on any atom is -0.309 e. The molecule has 222 valence electrons. The zero-order chi connectivity index (χ0) is 32.2. The average molecular weight is 611 g/mol. The molecule has 0 aliphatic rings. The minimum atomic E-state index is 0.594. The fourth-order valence-electron chi connectivity index (χ4n) is 7.30. The highest BCUT2D eigenvalue weighted by Gasteiger charge is 2.19. The number of aromatic nitrogens is 2. The van der Waals surface area contributed by atoms with E-state index >= 15 is 0 Å². The van der Waals surface area contributed by atoms with E-state index in [1.165, 1.54) is 10.8 Å². The number of hydrogen-bond donors (Lipinski definition) is 0. The van der Waals surface area contributed by atoms with Crippen molar-refractivity contribution in [1.82, 2.24) is 9.13 Å². The van der Waals surface area contributed by atoms with Gasteiger partial charge in [-0.2, -0.15) is 10.5 Å². The summed E-state index contributed by atoms with van der Waals surface area (Å²) >= 11 is 0. The van der Waals surface area contributed by atoms with Gasteiger partial charge in [-0.25, -0.2) is 0 Å². The molecule has 0 fully saturated rings. The first-order valence-electron chi connectivity index (χ1n) is 15.9. The summed E-state index contributed by atoms with van der Waals surface area (Å²) in [7, 11) is 0. The van der Waals surface area contributed by atoms with E-state index in [4.69, 9.17) is 0 Å². The molecular weight excluding hydrogens is 585 g/mol. The Morgan fingerprint density at radius 1 is 0.354 bits per heavy atom. The van der Waals surface area contributed by atoms with Crippen LogP contribution in [0.2, 0.25) is 0 Å². The van der Waals surface area contributed by atoms with Gasteiger partial charge in [0, 0.05) is 32.7 Å². The third kappa shape index (κ3) is 4.07.